The molecule has 7 nitrogen and oxygen atoms in total. The lowest BCUT2D eigenvalue weighted by Crippen LogP contribution is -2.14. The topological polar surface area (TPSA) is 85.6 Å². The van der Waals surface area contributed by atoms with Crippen LogP contribution in [0.2, 0.25) is 0 Å². The Hall–Kier alpha value is -1.78. The largest absolute Gasteiger partial charge is 0.305 e. The fourth-order valence-electron chi connectivity index (χ4n) is 2.99. The van der Waals surface area contributed by atoms with Crippen molar-refractivity contribution in [1.82, 2.24) is 25.0 Å². The summed E-state index contributed by atoms with van der Waals surface area (Å²) in [7, 11) is 1.95. The van der Waals surface area contributed by atoms with Crippen LogP contribution in [0.4, 0.5) is 5.13 Å². The Morgan fingerprint density at radius 3 is 2.92 bits per heavy atom. The Bertz CT molecular complexity index is 944. The van der Waals surface area contributed by atoms with Crippen LogP contribution >= 0.6 is 34.4 Å². The fourth-order valence-corrected chi connectivity index (χ4v) is 5.43. The average Bonchev–Trinajstić information content (AvgIpc) is 3.32. The number of hydrogen-bond acceptors (Lipinski definition) is 8. The molecular formula is C16H18N6OS3. The van der Waals surface area contributed by atoms with Gasteiger partial charge in [0.1, 0.15) is 5.01 Å². The monoisotopic (exact) mass is 406 g/mol. The molecule has 26 heavy (non-hydrogen) atoms. The number of anilines is 1. The van der Waals surface area contributed by atoms with Gasteiger partial charge in [0.25, 0.3) is 0 Å². The van der Waals surface area contributed by atoms with Crippen molar-refractivity contribution in [3.05, 3.63) is 20.8 Å². The fraction of sp³-hybridized carbons (Fsp3) is 0.438. The Morgan fingerprint density at radius 1 is 1.27 bits per heavy atom. The van der Waals surface area contributed by atoms with Crippen molar-refractivity contribution in [3.63, 3.8) is 0 Å². The van der Waals surface area contributed by atoms with Crippen LogP contribution in [-0.4, -0.2) is 36.6 Å². The van der Waals surface area contributed by atoms with Gasteiger partial charge in [-0.25, -0.2) is 0 Å². The Balaban J connectivity index is 1.44. The Labute approximate surface area is 163 Å². The first-order chi connectivity index (χ1) is 12.6. The maximum absolute atomic E-state index is 12.1. The molecule has 0 aliphatic heterocycles. The van der Waals surface area contributed by atoms with Crippen LogP contribution in [-0.2, 0) is 24.7 Å². The summed E-state index contributed by atoms with van der Waals surface area (Å²) in [4.78, 5) is 13.6. The van der Waals surface area contributed by atoms with E-state index in [1.165, 1.54) is 58.4 Å². The van der Waals surface area contributed by atoms with E-state index in [1.54, 1.807) is 0 Å². The van der Waals surface area contributed by atoms with Crippen LogP contribution in [0.1, 0.15) is 28.3 Å². The van der Waals surface area contributed by atoms with E-state index >= 15 is 0 Å². The number of carbonyl (C=O) groups excluding carboxylic acids is 1. The molecular weight excluding hydrogens is 388 g/mol. The zero-order valence-corrected chi connectivity index (χ0v) is 16.9. The Morgan fingerprint density at radius 2 is 2.12 bits per heavy atom. The van der Waals surface area contributed by atoms with Crippen molar-refractivity contribution in [2.24, 2.45) is 7.05 Å². The first-order valence-corrected chi connectivity index (χ1v) is 11.0. The Kier molecular flexibility index (Phi) is 5.05. The lowest BCUT2D eigenvalue weighted by Gasteiger charge is -2.12. The summed E-state index contributed by atoms with van der Waals surface area (Å²) in [5.74, 6) is 1.02. The summed E-state index contributed by atoms with van der Waals surface area (Å²) < 4.78 is 1.98. The molecule has 0 fully saturated rings. The highest BCUT2D eigenvalue weighted by Crippen LogP contribution is 2.36. The van der Waals surface area contributed by atoms with Crippen LogP contribution in [0.3, 0.4) is 0 Å². The van der Waals surface area contributed by atoms with E-state index in [0.717, 1.165) is 22.4 Å². The van der Waals surface area contributed by atoms with Gasteiger partial charge in [-0.1, -0.05) is 23.1 Å². The first kappa shape index (κ1) is 17.6. The molecule has 0 saturated carbocycles. The van der Waals surface area contributed by atoms with Gasteiger partial charge in [0.05, 0.1) is 5.75 Å². The predicted molar refractivity (Wildman–Crippen MR) is 105 cm³/mol. The van der Waals surface area contributed by atoms with Gasteiger partial charge in [0.15, 0.2) is 11.0 Å². The maximum atomic E-state index is 12.1. The van der Waals surface area contributed by atoms with Crippen molar-refractivity contribution >= 4 is 45.5 Å². The van der Waals surface area contributed by atoms with E-state index in [0.29, 0.717) is 5.13 Å². The predicted octanol–water partition coefficient (Wildman–Crippen LogP) is 3.31. The normalized spacial score (nSPS) is 13.6. The van der Waals surface area contributed by atoms with E-state index in [-0.39, 0.29) is 11.7 Å². The summed E-state index contributed by atoms with van der Waals surface area (Å²) in [6.45, 7) is 1.85. The molecule has 0 atom stereocenters. The second-order valence-corrected chi connectivity index (χ2v) is 9.17. The number of aromatic nitrogens is 5. The standard InChI is InChI=1S/C16H18N6OS3/c1-9-18-20-15(26-9)17-13(23)8-25-16-21-19-14(22(16)2)11-7-24-12-6-4-3-5-10(11)12/h7H,3-6,8H2,1-2H3,(H,17,20,23). The number of nitrogens with zero attached hydrogens (tertiary/aromatic N) is 5. The molecule has 0 spiro atoms. The molecule has 0 radical (unpaired) electrons. The molecule has 1 N–H and O–H groups in total. The highest BCUT2D eigenvalue weighted by Gasteiger charge is 2.21. The van der Waals surface area contributed by atoms with E-state index < -0.39 is 0 Å². The van der Waals surface area contributed by atoms with Crippen molar-refractivity contribution in [2.75, 3.05) is 11.1 Å². The van der Waals surface area contributed by atoms with Gasteiger partial charge in [-0.15, -0.1) is 31.7 Å². The molecule has 1 amide bonds. The molecule has 0 unspecified atom stereocenters. The smallest absolute Gasteiger partial charge is 0.236 e. The van der Waals surface area contributed by atoms with Crippen molar-refractivity contribution in [2.45, 2.75) is 37.8 Å². The summed E-state index contributed by atoms with van der Waals surface area (Å²) >= 11 is 4.56. The number of aryl methyl sites for hydroxylation is 2. The van der Waals surface area contributed by atoms with Gasteiger partial charge in [0, 0.05) is 22.9 Å². The highest BCUT2D eigenvalue weighted by atomic mass is 32.2. The minimum Gasteiger partial charge on any atom is -0.305 e. The lowest BCUT2D eigenvalue weighted by atomic mass is 9.96. The van der Waals surface area contributed by atoms with E-state index in [1.807, 2.05) is 29.9 Å². The molecule has 136 valence electrons. The van der Waals surface area contributed by atoms with Crippen LogP contribution in [0, 0.1) is 6.92 Å². The van der Waals surface area contributed by atoms with Gasteiger partial charge in [-0.2, -0.15) is 0 Å². The number of thiophene rings is 1. The molecule has 1 aliphatic rings. The number of nitrogens with one attached hydrogen (secondary N) is 1. The molecule has 4 rings (SSSR count). The van der Waals surface area contributed by atoms with Crippen LogP contribution in [0.15, 0.2) is 10.5 Å². The van der Waals surface area contributed by atoms with Crippen molar-refractivity contribution in [1.29, 1.82) is 0 Å². The van der Waals surface area contributed by atoms with Gasteiger partial charge in [0.2, 0.25) is 11.0 Å². The van der Waals surface area contributed by atoms with Gasteiger partial charge >= 0.3 is 0 Å². The molecule has 3 aromatic rings. The molecule has 3 aromatic heterocycles. The van der Waals surface area contributed by atoms with Crippen LogP contribution in [0.5, 0.6) is 0 Å². The molecule has 1 aliphatic carbocycles. The van der Waals surface area contributed by atoms with Gasteiger partial charge < -0.3 is 4.57 Å². The molecule has 0 bridgehead atoms. The molecule has 3 heterocycles. The summed E-state index contributed by atoms with van der Waals surface area (Å²) in [5.41, 5.74) is 2.62. The minimum atomic E-state index is -0.122. The third-order valence-corrected chi connectivity index (χ3v) is 7.10. The molecule has 0 aromatic carbocycles. The van der Waals surface area contributed by atoms with E-state index in [9.17, 15) is 4.79 Å². The zero-order chi connectivity index (χ0) is 18.1. The van der Waals surface area contributed by atoms with Gasteiger partial charge in [-0.3, -0.25) is 10.1 Å². The number of hydrogen-bond donors (Lipinski definition) is 1. The van der Waals surface area contributed by atoms with Crippen LogP contribution < -0.4 is 5.32 Å². The highest BCUT2D eigenvalue weighted by molar-refractivity contribution is 7.99. The number of carbonyl (C=O) groups is 1. The van der Waals surface area contributed by atoms with E-state index in [4.69, 9.17) is 0 Å². The molecule has 0 saturated heterocycles. The number of fused-ring (bicyclic) bond motifs is 1. The summed E-state index contributed by atoms with van der Waals surface area (Å²) in [6.07, 6.45) is 4.80. The van der Waals surface area contributed by atoms with Crippen LogP contribution in [0.25, 0.3) is 11.4 Å². The first-order valence-electron chi connectivity index (χ1n) is 8.33. The van der Waals surface area contributed by atoms with Gasteiger partial charge in [-0.05, 0) is 38.2 Å². The maximum Gasteiger partial charge on any atom is 0.236 e. The second-order valence-electron chi connectivity index (χ2n) is 6.09. The average molecular weight is 407 g/mol. The SMILES string of the molecule is Cc1nnc(NC(=O)CSc2nnc(-c3csc4c3CCCC4)n2C)s1. The molecule has 10 heteroatoms. The third kappa shape index (κ3) is 3.53. The second kappa shape index (κ2) is 7.45. The third-order valence-electron chi connectivity index (χ3n) is 4.24. The summed E-state index contributed by atoms with van der Waals surface area (Å²) in [5, 5.41) is 23.5. The number of thioether (sulfide) groups is 1. The van der Waals surface area contributed by atoms with Crippen molar-refractivity contribution < 1.29 is 4.79 Å². The quantitative estimate of drug-likeness (QED) is 0.654. The zero-order valence-electron chi connectivity index (χ0n) is 14.5. The number of amides is 1. The number of rotatable bonds is 5. The van der Waals surface area contributed by atoms with Crippen molar-refractivity contribution in [3.8, 4) is 11.4 Å². The van der Waals surface area contributed by atoms with E-state index in [2.05, 4.69) is 31.1 Å². The lowest BCUT2D eigenvalue weighted by molar-refractivity contribution is -0.113. The summed E-state index contributed by atoms with van der Waals surface area (Å²) in [6, 6.07) is 0. The minimum absolute atomic E-state index is 0.122.